The normalized spacial score (nSPS) is 10.6. The van der Waals surface area contributed by atoms with Gasteiger partial charge in [0.2, 0.25) is 0 Å². The maximum atomic E-state index is 9.30. The molecule has 0 unspecified atom stereocenters. The first kappa shape index (κ1) is 10.7. The Hall–Kier alpha value is -1.81. The van der Waals surface area contributed by atoms with Gasteiger partial charge >= 0.3 is 0 Å². The number of phenolic OH excluding ortho intramolecular Hbond substituents is 1. The van der Waals surface area contributed by atoms with Crippen molar-refractivity contribution in [2.75, 3.05) is 6.61 Å². The van der Waals surface area contributed by atoms with Crippen molar-refractivity contribution in [2.24, 2.45) is 0 Å². The molecule has 4 heteroatoms. The van der Waals surface area contributed by atoms with Crippen LogP contribution in [0.15, 0.2) is 34.9 Å². The quantitative estimate of drug-likeness (QED) is 0.817. The molecule has 2 rings (SSSR count). The van der Waals surface area contributed by atoms with E-state index in [1.807, 2.05) is 6.07 Å². The van der Waals surface area contributed by atoms with Crippen LogP contribution in [0.4, 0.5) is 0 Å². The highest BCUT2D eigenvalue weighted by Crippen LogP contribution is 2.15. The summed E-state index contributed by atoms with van der Waals surface area (Å²) in [4.78, 5) is 4.10. The molecule has 1 aromatic heterocycles. The van der Waals surface area contributed by atoms with Gasteiger partial charge in [0.15, 0.2) is 5.89 Å². The van der Waals surface area contributed by atoms with E-state index in [1.165, 1.54) is 0 Å². The van der Waals surface area contributed by atoms with Gasteiger partial charge in [-0.1, -0.05) is 12.1 Å². The van der Waals surface area contributed by atoms with Gasteiger partial charge < -0.3 is 14.6 Å². The first-order valence-corrected chi connectivity index (χ1v) is 5.10. The van der Waals surface area contributed by atoms with Crippen LogP contribution in [-0.4, -0.2) is 21.8 Å². The summed E-state index contributed by atoms with van der Waals surface area (Å²) in [5.74, 6) is 1.51. The van der Waals surface area contributed by atoms with Crippen LogP contribution < -0.4 is 0 Å². The van der Waals surface area contributed by atoms with Crippen molar-refractivity contribution in [3.63, 3.8) is 0 Å². The van der Waals surface area contributed by atoms with Crippen LogP contribution in [0.2, 0.25) is 0 Å². The second-order valence-corrected chi connectivity index (χ2v) is 3.54. The Morgan fingerprint density at radius 2 is 2.19 bits per heavy atom. The zero-order valence-electron chi connectivity index (χ0n) is 8.76. The molecule has 0 saturated heterocycles. The van der Waals surface area contributed by atoms with Gasteiger partial charge in [-0.05, 0) is 17.7 Å². The molecule has 0 bridgehead atoms. The lowest BCUT2D eigenvalue weighted by molar-refractivity contribution is 0.286. The maximum absolute atomic E-state index is 9.30. The summed E-state index contributed by atoms with van der Waals surface area (Å²) in [5.41, 5.74) is 0.942. The Bertz CT molecular complexity index is 465. The predicted molar refractivity (Wildman–Crippen MR) is 58.2 cm³/mol. The fraction of sp³-hybridized carbons (Fsp3) is 0.250. The molecule has 0 radical (unpaired) electrons. The molecule has 2 N–H and O–H groups in total. The summed E-state index contributed by atoms with van der Waals surface area (Å²) < 4.78 is 5.42. The van der Waals surface area contributed by atoms with E-state index in [1.54, 1.807) is 24.4 Å². The first-order valence-electron chi connectivity index (χ1n) is 5.10. The molecule has 0 atom stereocenters. The maximum Gasteiger partial charge on any atom is 0.198 e. The largest absolute Gasteiger partial charge is 0.508 e. The minimum atomic E-state index is 0.0563. The topological polar surface area (TPSA) is 66.5 Å². The molecule has 1 aromatic carbocycles. The Morgan fingerprint density at radius 1 is 1.31 bits per heavy atom. The minimum Gasteiger partial charge on any atom is -0.508 e. The zero-order chi connectivity index (χ0) is 11.4. The van der Waals surface area contributed by atoms with E-state index in [2.05, 4.69) is 4.98 Å². The van der Waals surface area contributed by atoms with E-state index in [0.717, 1.165) is 5.56 Å². The first-order chi connectivity index (χ1) is 7.78. The molecule has 1 heterocycles. The lowest BCUT2D eigenvalue weighted by Gasteiger charge is -1.98. The molecule has 0 aliphatic heterocycles. The second-order valence-electron chi connectivity index (χ2n) is 3.54. The van der Waals surface area contributed by atoms with E-state index in [4.69, 9.17) is 9.52 Å². The molecule has 2 aromatic rings. The van der Waals surface area contributed by atoms with E-state index in [0.29, 0.717) is 24.5 Å². The molecule has 4 nitrogen and oxygen atoms in total. The Balaban J connectivity index is 2.08. The highest BCUT2D eigenvalue weighted by Gasteiger charge is 2.05. The third-order valence-electron chi connectivity index (χ3n) is 2.23. The van der Waals surface area contributed by atoms with Crippen molar-refractivity contribution in [1.82, 2.24) is 4.98 Å². The van der Waals surface area contributed by atoms with Gasteiger partial charge in [0.1, 0.15) is 11.5 Å². The highest BCUT2D eigenvalue weighted by molar-refractivity contribution is 5.28. The van der Waals surface area contributed by atoms with E-state index in [-0.39, 0.29) is 12.4 Å². The summed E-state index contributed by atoms with van der Waals surface area (Å²) >= 11 is 0. The van der Waals surface area contributed by atoms with Gasteiger partial charge in [-0.3, -0.25) is 0 Å². The number of hydrogen-bond donors (Lipinski definition) is 2. The number of hydrogen-bond acceptors (Lipinski definition) is 4. The number of rotatable bonds is 4. The van der Waals surface area contributed by atoms with Crippen LogP contribution in [-0.2, 0) is 12.8 Å². The number of aliphatic hydroxyl groups excluding tert-OH is 1. The Morgan fingerprint density at radius 3 is 2.94 bits per heavy atom. The average molecular weight is 219 g/mol. The molecule has 84 valence electrons. The molecule has 0 amide bonds. The number of benzene rings is 1. The molecular weight excluding hydrogens is 206 g/mol. The van der Waals surface area contributed by atoms with Gasteiger partial charge in [0.05, 0.1) is 12.8 Å². The average Bonchev–Trinajstić information content (AvgIpc) is 2.66. The van der Waals surface area contributed by atoms with Gasteiger partial charge in [-0.2, -0.15) is 0 Å². The number of aromatic hydroxyl groups is 1. The summed E-state index contributed by atoms with van der Waals surface area (Å²) in [6.45, 7) is 0.0563. The number of nitrogens with zero attached hydrogens (tertiary/aromatic N) is 1. The number of oxazole rings is 1. The van der Waals surface area contributed by atoms with Crippen molar-refractivity contribution >= 4 is 0 Å². The van der Waals surface area contributed by atoms with Crippen LogP contribution >= 0.6 is 0 Å². The lowest BCUT2D eigenvalue weighted by atomic mass is 10.1. The van der Waals surface area contributed by atoms with Gasteiger partial charge in [-0.25, -0.2) is 4.98 Å². The molecule has 16 heavy (non-hydrogen) atoms. The van der Waals surface area contributed by atoms with Crippen molar-refractivity contribution in [3.05, 3.63) is 47.7 Å². The van der Waals surface area contributed by atoms with Gasteiger partial charge in [0, 0.05) is 12.8 Å². The lowest BCUT2D eigenvalue weighted by Crippen LogP contribution is -1.88. The van der Waals surface area contributed by atoms with E-state index in [9.17, 15) is 5.11 Å². The van der Waals surface area contributed by atoms with Crippen LogP contribution in [0.3, 0.4) is 0 Å². The number of aliphatic hydroxyl groups is 1. The van der Waals surface area contributed by atoms with Crippen molar-refractivity contribution in [3.8, 4) is 5.75 Å². The Labute approximate surface area is 93.2 Å². The van der Waals surface area contributed by atoms with Gasteiger partial charge in [0.25, 0.3) is 0 Å². The molecule has 0 fully saturated rings. The summed E-state index contributed by atoms with van der Waals surface area (Å²) in [6, 6.07) is 6.98. The molecule has 0 aliphatic carbocycles. The Kier molecular flexibility index (Phi) is 3.22. The van der Waals surface area contributed by atoms with E-state index < -0.39 is 0 Å². The van der Waals surface area contributed by atoms with Crippen LogP contribution in [0.5, 0.6) is 5.75 Å². The summed E-state index contributed by atoms with van der Waals surface area (Å²) in [6.07, 6.45) is 2.64. The van der Waals surface area contributed by atoms with Gasteiger partial charge in [-0.15, -0.1) is 0 Å². The third kappa shape index (κ3) is 2.61. The van der Waals surface area contributed by atoms with E-state index >= 15 is 0 Å². The number of aromatic nitrogens is 1. The van der Waals surface area contributed by atoms with Crippen LogP contribution in [0.1, 0.15) is 17.2 Å². The SMILES string of the molecule is OCCc1cnc(Cc2cccc(O)c2)o1. The van der Waals surface area contributed by atoms with Crippen LogP contribution in [0, 0.1) is 0 Å². The fourth-order valence-corrected chi connectivity index (χ4v) is 1.50. The molecule has 0 saturated carbocycles. The molecule has 0 aliphatic rings. The highest BCUT2D eigenvalue weighted by atomic mass is 16.4. The molecule has 0 spiro atoms. The summed E-state index contributed by atoms with van der Waals surface area (Å²) in [5, 5.41) is 18.0. The summed E-state index contributed by atoms with van der Waals surface area (Å²) in [7, 11) is 0. The monoisotopic (exact) mass is 219 g/mol. The van der Waals surface area contributed by atoms with Crippen LogP contribution in [0.25, 0.3) is 0 Å². The van der Waals surface area contributed by atoms with Crippen molar-refractivity contribution in [1.29, 1.82) is 0 Å². The smallest absolute Gasteiger partial charge is 0.198 e. The van der Waals surface area contributed by atoms with Crippen molar-refractivity contribution < 1.29 is 14.6 Å². The second kappa shape index (κ2) is 4.81. The van der Waals surface area contributed by atoms with Crippen molar-refractivity contribution in [2.45, 2.75) is 12.8 Å². The minimum absolute atomic E-state index is 0.0563. The predicted octanol–water partition coefficient (Wildman–Crippen LogP) is 1.51. The number of phenols is 1. The fourth-order valence-electron chi connectivity index (χ4n) is 1.50. The zero-order valence-corrected chi connectivity index (χ0v) is 8.76. The molecular formula is C12H13NO3. The standard InChI is InChI=1S/C12H13NO3/c14-5-4-11-8-13-12(16-11)7-9-2-1-3-10(15)6-9/h1-3,6,8,14-15H,4-5,7H2. The third-order valence-corrected chi connectivity index (χ3v) is 2.23.